The lowest BCUT2D eigenvalue weighted by Crippen LogP contribution is -2.24. The number of nitrogen functional groups attached to an aromatic ring is 1. The van der Waals surface area contributed by atoms with Crippen molar-refractivity contribution in [2.45, 2.75) is 31.8 Å². The van der Waals surface area contributed by atoms with Crippen LogP contribution < -0.4 is 10.5 Å². The van der Waals surface area contributed by atoms with Gasteiger partial charge in [-0.15, -0.1) is 0 Å². The zero-order valence-electron chi connectivity index (χ0n) is 10.2. The van der Waals surface area contributed by atoms with E-state index in [-0.39, 0.29) is 18.0 Å². The number of hydrogen-bond donors (Lipinski definition) is 1. The normalized spacial score (nSPS) is 21.9. The van der Waals surface area contributed by atoms with E-state index in [0.29, 0.717) is 13.0 Å². The lowest BCUT2D eigenvalue weighted by atomic mass is 9.94. The molecule has 1 atom stereocenters. The Hall–Kier alpha value is -1.71. The summed E-state index contributed by atoms with van der Waals surface area (Å²) in [5, 5.41) is 0. The van der Waals surface area contributed by atoms with Crippen LogP contribution >= 0.6 is 0 Å². The fourth-order valence-corrected chi connectivity index (χ4v) is 2.26. The average Bonchev–Trinajstić information content (AvgIpc) is 3.12. The molecule has 2 N–H and O–H groups in total. The summed E-state index contributed by atoms with van der Waals surface area (Å²) < 4.78 is 10.9. The van der Waals surface area contributed by atoms with E-state index in [2.05, 4.69) is 0 Å². The van der Waals surface area contributed by atoms with Crippen LogP contribution in [0.4, 0.5) is 5.69 Å². The first kappa shape index (κ1) is 11.4. The Morgan fingerprint density at radius 2 is 2.28 bits per heavy atom. The highest BCUT2D eigenvalue weighted by Gasteiger charge is 2.28. The van der Waals surface area contributed by atoms with Crippen molar-refractivity contribution in [3.8, 4) is 5.75 Å². The van der Waals surface area contributed by atoms with Crippen LogP contribution in [0.5, 0.6) is 5.75 Å². The standard InChI is InChI=1S/C14H17NO3/c15-11-1-4-13-10(7-11)5-9(8-17-13)6-14(16)18-12-2-3-12/h1,4,7,9,12H,2-3,5-6,8,15H2. The number of esters is 1. The molecule has 18 heavy (non-hydrogen) atoms. The van der Waals surface area contributed by atoms with Gasteiger partial charge in [0.05, 0.1) is 13.0 Å². The first-order valence-corrected chi connectivity index (χ1v) is 6.41. The van der Waals surface area contributed by atoms with Crippen LogP contribution in [0.1, 0.15) is 24.8 Å². The van der Waals surface area contributed by atoms with Crippen LogP contribution in [0.15, 0.2) is 18.2 Å². The van der Waals surface area contributed by atoms with Crippen molar-refractivity contribution in [2.24, 2.45) is 5.92 Å². The quantitative estimate of drug-likeness (QED) is 0.654. The topological polar surface area (TPSA) is 61.6 Å². The fourth-order valence-electron chi connectivity index (χ4n) is 2.26. The third-order valence-electron chi connectivity index (χ3n) is 3.35. The molecule has 1 aromatic carbocycles. The molecule has 1 saturated carbocycles. The van der Waals surface area contributed by atoms with Crippen LogP contribution in [-0.2, 0) is 16.0 Å². The molecule has 3 rings (SSSR count). The second-order valence-corrected chi connectivity index (χ2v) is 5.14. The average molecular weight is 247 g/mol. The van der Waals surface area contributed by atoms with Gasteiger partial charge in [0.25, 0.3) is 0 Å². The van der Waals surface area contributed by atoms with E-state index in [4.69, 9.17) is 15.2 Å². The lowest BCUT2D eigenvalue weighted by Gasteiger charge is -2.24. The van der Waals surface area contributed by atoms with Gasteiger partial charge in [-0.1, -0.05) is 0 Å². The highest BCUT2D eigenvalue weighted by atomic mass is 16.5. The van der Waals surface area contributed by atoms with Crippen molar-refractivity contribution in [1.29, 1.82) is 0 Å². The molecule has 0 aromatic heterocycles. The summed E-state index contributed by atoms with van der Waals surface area (Å²) >= 11 is 0. The molecule has 2 aliphatic rings. The summed E-state index contributed by atoms with van der Waals surface area (Å²) in [4.78, 5) is 11.6. The van der Waals surface area contributed by atoms with Gasteiger partial charge in [0.2, 0.25) is 0 Å². The van der Waals surface area contributed by atoms with Gasteiger partial charge >= 0.3 is 5.97 Å². The number of carbonyl (C=O) groups excluding carboxylic acids is 1. The predicted octanol–water partition coefficient (Wildman–Crippen LogP) is 1.92. The maximum absolute atomic E-state index is 11.6. The number of carbonyl (C=O) groups is 1. The Morgan fingerprint density at radius 1 is 1.44 bits per heavy atom. The smallest absolute Gasteiger partial charge is 0.306 e. The number of anilines is 1. The monoisotopic (exact) mass is 247 g/mol. The van der Waals surface area contributed by atoms with Crippen molar-refractivity contribution in [1.82, 2.24) is 0 Å². The predicted molar refractivity (Wildman–Crippen MR) is 67.3 cm³/mol. The Bertz CT molecular complexity index is 468. The molecular weight excluding hydrogens is 230 g/mol. The van der Waals surface area contributed by atoms with Gasteiger partial charge in [-0.2, -0.15) is 0 Å². The van der Waals surface area contributed by atoms with Crippen molar-refractivity contribution in [2.75, 3.05) is 12.3 Å². The van der Waals surface area contributed by atoms with Crippen LogP contribution in [-0.4, -0.2) is 18.7 Å². The molecule has 4 nitrogen and oxygen atoms in total. The molecule has 1 aliphatic heterocycles. The molecule has 1 heterocycles. The molecule has 1 fully saturated rings. The van der Waals surface area contributed by atoms with Crippen LogP contribution in [0.3, 0.4) is 0 Å². The number of benzene rings is 1. The highest BCUT2D eigenvalue weighted by molar-refractivity contribution is 5.70. The first-order valence-electron chi connectivity index (χ1n) is 6.41. The van der Waals surface area contributed by atoms with Gasteiger partial charge < -0.3 is 15.2 Å². The number of hydrogen-bond acceptors (Lipinski definition) is 4. The third kappa shape index (κ3) is 2.58. The van der Waals surface area contributed by atoms with E-state index in [1.54, 1.807) is 0 Å². The van der Waals surface area contributed by atoms with Crippen molar-refractivity contribution in [3.05, 3.63) is 23.8 Å². The fraction of sp³-hybridized carbons (Fsp3) is 0.500. The SMILES string of the molecule is Nc1ccc2c(c1)CC(CC(=O)OC1CC1)CO2. The number of ether oxygens (including phenoxy) is 2. The molecule has 1 aliphatic carbocycles. The molecule has 1 aromatic rings. The Balaban J connectivity index is 1.61. The molecule has 0 bridgehead atoms. The molecule has 4 heteroatoms. The van der Waals surface area contributed by atoms with E-state index >= 15 is 0 Å². The second-order valence-electron chi connectivity index (χ2n) is 5.14. The summed E-state index contributed by atoms with van der Waals surface area (Å²) in [5.74, 6) is 0.986. The maximum Gasteiger partial charge on any atom is 0.306 e. The minimum absolute atomic E-state index is 0.0987. The van der Waals surface area contributed by atoms with Gasteiger partial charge in [-0.3, -0.25) is 4.79 Å². The number of rotatable bonds is 3. The largest absolute Gasteiger partial charge is 0.493 e. The van der Waals surface area contributed by atoms with E-state index in [1.165, 1.54) is 0 Å². The van der Waals surface area contributed by atoms with E-state index < -0.39 is 0 Å². The van der Waals surface area contributed by atoms with Crippen molar-refractivity contribution in [3.63, 3.8) is 0 Å². The van der Waals surface area contributed by atoms with Crippen LogP contribution in [0.25, 0.3) is 0 Å². The molecule has 96 valence electrons. The van der Waals surface area contributed by atoms with E-state index in [0.717, 1.165) is 36.3 Å². The minimum Gasteiger partial charge on any atom is -0.493 e. The molecule has 0 radical (unpaired) electrons. The Labute approximate surface area is 106 Å². The molecule has 0 spiro atoms. The zero-order valence-corrected chi connectivity index (χ0v) is 10.2. The van der Waals surface area contributed by atoms with Crippen molar-refractivity contribution < 1.29 is 14.3 Å². The van der Waals surface area contributed by atoms with Gasteiger partial charge in [0.15, 0.2) is 0 Å². The summed E-state index contributed by atoms with van der Waals surface area (Å²) in [6.45, 7) is 0.580. The van der Waals surface area contributed by atoms with Gasteiger partial charge in [0, 0.05) is 11.6 Å². The zero-order chi connectivity index (χ0) is 12.5. The molecular formula is C14H17NO3. The minimum atomic E-state index is -0.0987. The summed E-state index contributed by atoms with van der Waals surface area (Å²) in [7, 11) is 0. The van der Waals surface area contributed by atoms with Gasteiger partial charge in [0.1, 0.15) is 11.9 Å². The second kappa shape index (κ2) is 4.52. The van der Waals surface area contributed by atoms with Gasteiger partial charge in [-0.05, 0) is 43.0 Å². The number of fused-ring (bicyclic) bond motifs is 1. The molecule has 0 saturated heterocycles. The summed E-state index contributed by atoms with van der Waals surface area (Å²) in [6.07, 6.45) is 3.49. The van der Waals surface area contributed by atoms with Gasteiger partial charge in [-0.25, -0.2) is 0 Å². The highest BCUT2D eigenvalue weighted by Crippen LogP contribution is 2.31. The molecule has 1 unspecified atom stereocenters. The van der Waals surface area contributed by atoms with Crippen molar-refractivity contribution >= 4 is 11.7 Å². The maximum atomic E-state index is 11.6. The first-order chi connectivity index (χ1) is 8.70. The van der Waals surface area contributed by atoms with E-state index in [9.17, 15) is 4.79 Å². The van der Waals surface area contributed by atoms with Crippen LogP contribution in [0, 0.1) is 5.92 Å². The lowest BCUT2D eigenvalue weighted by molar-refractivity contribution is -0.146. The molecule has 0 amide bonds. The Morgan fingerprint density at radius 3 is 3.06 bits per heavy atom. The summed E-state index contributed by atoms with van der Waals surface area (Å²) in [5.41, 5.74) is 7.58. The number of nitrogens with two attached hydrogens (primary N) is 1. The summed E-state index contributed by atoms with van der Waals surface area (Å²) in [6, 6.07) is 5.65. The van der Waals surface area contributed by atoms with E-state index in [1.807, 2.05) is 18.2 Å². The Kier molecular flexibility index (Phi) is 2.86. The van der Waals surface area contributed by atoms with Crippen LogP contribution in [0.2, 0.25) is 0 Å². The third-order valence-corrected chi connectivity index (χ3v) is 3.35.